The third kappa shape index (κ3) is 4.44. The van der Waals surface area contributed by atoms with E-state index in [9.17, 15) is 9.90 Å². The number of ether oxygens (including phenoxy) is 1. The average molecular weight is 490 g/mol. The highest BCUT2D eigenvalue weighted by atomic mass is 35.5. The highest BCUT2D eigenvalue weighted by Gasteiger charge is 2.36. The SMILES string of the molecule is COc1cc(/C=C2\SC(=O)N=C2N2N=C(c3ccccc3)C[C@H]2c2ccc(Cl)cc2)ccc1O. The fourth-order valence-electron chi connectivity index (χ4n) is 3.95. The van der Waals surface area contributed by atoms with Crippen molar-refractivity contribution in [3.63, 3.8) is 0 Å². The molecule has 0 unspecified atom stereocenters. The standard InChI is InChI=1S/C26H20ClN3O3S/c1-33-23-13-16(7-12-22(23)31)14-24-25(28-26(32)34-24)30-21(18-8-10-19(27)11-9-18)15-20(29-30)17-5-3-2-4-6-17/h2-14,21,31H,15H2,1H3/b24-14-/t21-/m0/s1. The number of benzene rings is 3. The number of rotatable bonds is 4. The van der Waals surface area contributed by atoms with E-state index in [1.807, 2.05) is 65.7 Å². The van der Waals surface area contributed by atoms with Gasteiger partial charge < -0.3 is 9.84 Å². The zero-order valence-electron chi connectivity index (χ0n) is 18.2. The maximum atomic E-state index is 12.4. The Kier molecular flexibility index (Phi) is 6.13. The minimum absolute atomic E-state index is 0.0492. The summed E-state index contributed by atoms with van der Waals surface area (Å²) in [6.07, 6.45) is 2.51. The molecule has 34 heavy (non-hydrogen) atoms. The molecule has 2 aliphatic rings. The van der Waals surface area contributed by atoms with Crippen LogP contribution >= 0.6 is 23.4 Å². The van der Waals surface area contributed by atoms with Crippen molar-refractivity contribution in [3.8, 4) is 11.5 Å². The molecule has 1 amide bonds. The summed E-state index contributed by atoms with van der Waals surface area (Å²) in [4.78, 5) is 17.4. The van der Waals surface area contributed by atoms with E-state index in [0.717, 1.165) is 34.2 Å². The second-order valence-electron chi connectivity index (χ2n) is 7.77. The molecule has 6 nitrogen and oxygen atoms in total. The van der Waals surface area contributed by atoms with Gasteiger partial charge in [-0.2, -0.15) is 10.1 Å². The molecule has 0 radical (unpaired) electrons. The lowest BCUT2D eigenvalue weighted by Gasteiger charge is -2.24. The molecule has 0 fully saturated rings. The van der Waals surface area contributed by atoms with E-state index in [0.29, 0.717) is 27.9 Å². The second kappa shape index (κ2) is 9.37. The third-order valence-corrected chi connectivity index (χ3v) is 6.64. The molecule has 1 atom stereocenters. The summed E-state index contributed by atoms with van der Waals surface area (Å²) < 4.78 is 5.22. The van der Waals surface area contributed by atoms with Crippen molar-refractivity contribution in [2.24, 2.45) is 10.1 Å². The van der Waals surface area contributed by atoms with Crippen LogP contribution in [0.1, 0.15) is 29.2 Å². The summed E-state index contributed by atoms with van der Waals surface area (Å²) in [6, 6.07) is 22.5. The quantitative estimate of drug-likeness (QED) is 0.452. The van der Waals surface area contributed by atoms with Gasteiger partial charge in [-0.1, -0.05) is 60.1 Å². The number of amides is 1. The van der Waals surface area contributed by atoms with Crippen molar-refractivity contribution >= 4 is 46.2 Å². The van der Waals surface area contributed by atoms with Crippen molar-refractivity contribution in [1.82, 2.24) is 5.01 Å². The number of hydrogen-bond donors (Lipinski definition) is 1. The highest BCUT2D eigenvalue weighted by molar-refractivity contribution is 8.18. The molecule has 0 bridgehead atoms. The van der Waals surface area contributed by atoms with E-state index in [1.54, 1.807) is 18.2 Å². The maximum absolute atomic E-state index is 12.4. The normalized spacial score (nSPS) is 18.9. The van der Waals surface area contributed by atoms with E-state index in [4.69, 9.17) is 21.4 Å². The van der Waals surface area contributed by atoms with Crippen molar-refractivity contribution in [3.05, 3.63) is 99.4 Å². The van der Waals surface area contributed by atoms with Gasteiger partial charge >= 0.3 is 5.24 Å². The fraction of sp³-hybridized carbons (Fsp3) is 0.115. The largest absolute Gasteiger partial charge is 0.504 e. The van der Waals surface area contributed by atoms with E-state index in [2.05, 4.69) is 4.99 Å². The van der Waals surface area contributed by atoms with Crippen molar-refractivity contribution in [2.75, 3.05) is 7.11 Å². The maximum Gasteiger partial charge on any atom is 0.311 e. The summed E-state index contributed by atoms with van der Waals surface area (Å²) in [5, 5.41) is 17.0. The number of halogens is 1. The Labute approximate surface area is 206 Å². The van der Waals surface area contributed by atoms with Gasteiger partial charge in [0, 0.05) is 11.4 Å². The van der Waals surface area contributed by atoms with Gasteiger partial charge in [0.05, 0.1) is 23.8 Å². The summed E-state index contributed by atoms with van der Waals surface area (Å²) in [5.74, 6) is 0.896. The minimum atomic E-state index is -0.301. The van der Waals surface area contributed by atoms with Crippen LogP contribution in [-0.2, 0) is 0 Å². The molecule has 0 saturated carbocycles. The van der Waals surface area contributed by atoms with Crippen LogP contribution in [0.25, 0.3) is 6.08 Å². The minimum Gasteiger partial charge on any atom is -0.504 e. The predicted octanol–water partition coefficient (Wildman–Crippen LogP) is 6.51. The van der Waals surface area contributed by atoms with Crippen LogP contribution in [0.2, 0.25) is 5.02 Å². The summed E-state index contributed by atoms with van der Waals surface area (Å²) in [5.41, 5.74) is 3.74. The molecule has 2 heterocycles. The molecule has 0 spiro atoms. The number of carbonyl (C=O) groups is 1. The number of methoxy groups -OCH3 is 1. The Hall–Kier alpha value is -3.55. The first-order valence-electron chi connectivity index (χ1n) is 10.6. The predicted molar refractivity (Wildman–Crippen MR) is 137 cm³/mol. The van der Waals surface area contributed by atoms with Gasteiger partial charge in [0.1, 0.15) is 0 Å². The van der Waals surface area contributed by atoms with Crippen LogP contribution < -0.4 is 4.74 Å². The number of nitrogens with zero attached hydrogens (tertiary/aromatic N) is 3. The van der Waals surface area contributed by atoms with Gasteiger partial charge in [0.25, 0.3) is 0 Å². The Morgan fingerprint density at radius 2 is 1.88 bits per heavy atom. The topological polar surface area (TPSA) is 74.5 Å². The first-order chi connectivity index (χ1) is 16.5. The van der Waals surface area contributed by atoms with Crippen molar-refractivity contribution < 1.29 is 14.6 Å². The van der Waals surface area contributed by atoms with Gasteiger partial charge in [-0.3, -0.25) is 4.79 Å². The number of aromatic hydroxyl groups is 1. The first kappa shape index (κ1) is 22.3. The number of hydrazone groups is 1. The Balaban J connectivity index is 1.56. The molecule has 0 saturated heterocycles. The lowest BCUT2D eigenvalue weighted by atomic mass is 9.98. The molecule has 170 valence electrons. The van der Waals surface area contributed by atoms with Gasteiger partial charge in [0.2, 0.25) is 0 Å². The molecule has 5 rings (SSSR count). The Morgan fingerprint density at radius 3 is 2.62 bits per heavy atom. The summed E-state index contributed by atoms with van der Waals surface area (Å²) in [7, 11) is 1.49. The van der Waals surface area contributed by atoms with Crippen LogP contribution in [0.4, 0.5) is 4.79 Å². The summed E-state index contributed by atoms with van der Waals surface area (Å²) in [6.45, 7) is 0. The third-order valence-electron chi connectivity index (χ3n) is 5.61. The summed E-state index contributed by atoms with van der Waals surface area (Å²) >= 11 is 7.18. The zero-order valence-corrected chi connectivity index (χ0v) is 19.8. The zero-order chi connectivity index (χ0) is 23.7. The smallest absolute Gasteiger partial charge is 0.311 e. The van der Waals surface area contributed by atoms with Gasteiger partial charge in [-0.25, -0.2) is 5.01 Å². The van der Waals surface area contributed by atoms with E-state index < -0.39 is 0 Å². The van der Waals surface area contributed by atoms with Crippen LogP contribution in [-0.4, -0.2) is 34.0 Å². The van der Waals surface area contributed by atoms with Crippen LogP contribution in [0.5, 0.6) is 11.5 Å². The number of amidine groups is 1. The molecular weight excluding hydrogens is 470 g/mol. The monoisotopic (exact) mass is 489 g/mol. The van der Waals surface area contributed by atoms with E-state index in [-0.39, 0.29) is 17.0 Å². The van der Waals surface area contributed by atoms with Crippen LogP contribution in [0.15, 0.2) is 87.8 Å². The second-order valence-corrected chi connectivity index (χ2v) is 9.20. The number of hydrogen-bond acceptors (Lipinski definition) is 6. The van der Waals surface area contributed by atoms with Gasteiger partial charge in [-0.05, 0) is 58.8 Å². The fourth-order valence-corrected chi connectivity index (χ4v) is 4.82. The molecular formula is C26H20ClN3O3S. The molecule has 2 aliphatic heterocycles. The Bertz CT molecular complexity index is 1340. The lowest BCUT2D eigenvalue weighted by molar-refractivity contribution is 0.267. The molecule has 0 aliphatic carbocycles. The molecule has 8 heteroatoms. The number of phenolic OH excluding ortho intramolecular Hbond substituents is 1. The highest BCUT2D eigenvalue weighted by Crippen LogP contribution is 2.40. The van der Waals surface area contributed by atoms with Crippen molar-refractivity contribution in [1.29, 1.82) is 0 Å². The molecule has 0 aromatic heterocycles. The van der Waals surface area contributed by atoms with Gasteiger partial charge in [0.15, 0.2) is 17.3 Å². The van der Waals surface area contributed by atoms with E-state index >= 15 is 0 Å². The van der Waals surface area contributed by atoms with E-state index in [1.165, 1.54) is 7.11 Å². The molecule has 3 aromatic carbocycles. The lowest BCUT2D eigenvalue weighted by Crippen LogP contribution is -2.26. The average Bonchev–Trinajstić information content (AvgIpc) is 3.45. The van der Waals surface area contributed by atoms with Crippen LogP contribution in [0.3, 0.4) is 0 Å². The molecule has 3 aromatic rings. The Morgan fingerprint density at radius 1 is 1.12 bits per heavy atom. The van der Waals surface area contributed by atoms with Crippen molar-refractivity contribution in [2.45, 2.75) is 12.5 Å². The van der Waals surface area contributed by atoms with Crippen LogP contribution in [0, 0.1) is 0 Å². The number of thioether (sulfide) groups is 1. The number of carbonyl (C=O) groups excluding carboxylic acids is 1. The first-order valence-corrected chi connectivity index (χ1v) is 11.8. The number of aliphatic imine (C=N–C) groups is 1. The molecule has 1 N–H and O–H groups in total. The number of phenols is 1. The van der Waals surface area contributed by atoms with Gasteiger partial charge in [-0.15, -0.1) is 0 Å².